The van der Waals surface area contributed by atoms with Crippen LogP contribution in [0.2, 0.25) is 0 Å². The lowest BCUT2D eigenvalue weighted by Crippen LogP contribution is -2.20. The molecular weight excluding hydrogens is 112 g/mol. The van der Waals surface area contributed by atoms with Crippen LogP contribution < -0.4 is 0 Å². The molecule has 0 aromatic rings. The van der Waals surface area contributed by atoms with Gasteiger partial charge in [-0.15, -0.1) is 0 Å². The molecular formula is C8H17O. The standard InChI is InChI=1S/C8H17O/c1-6-7(2)9-8(3,4)5/h6H2,1-5H3. The monoisotopic (exact) mass is 129 g/mol. The van der Waals surface area contributed by atoms with Crippen LogP contribution in [0.3, 0.4) is 0 Å². The van der Waals surface area contributed by atoms with E-state index in [9.17, 15) is 0 Å². The Morgan fingerprint density at radius 1 is 1.33 bits per heavy atom. The molecule has 0 aliphatic rings. The van der Waals surface area contributed by atoms with E-state index in [1.54, 1.807) is 0 Å². The highest BCUT2D eigenvalue weighted by molar-refractivity contribution is 4.73. The Morgan fingerprint density at radius 2 is 1.78 bits per heavy atom. The minimum Gasteiger partial charge on any atom is -0.367 e. The molecule has 0 saturated carbocycles. The van der Waals surface area contributed by atoms with Crippen molar-refractivity contribution in [2.75, 3.05) is 0 Å². The van der Waals surface area contributed by atoms with Crippen molar-refractivity contribution >= 4 is 0 Å². The summed E-state index contributed by atoms with van der Waals surface area (Å²) in [6.07, 6.45) is 2.12. The maximum Gasteiger partial charge on any atom is 0.0944 e. The molecule has 0 atom stereocenters. The highest BCUT2D eigenvalue weighted by Gasteiger charge is 2.13. The van der Waals surface area contributed by atoms with Crippen LogP contribution in [0.4, 0.5) is 0 Å². The van der Waals surface area contributed by atoms with E-state index >= 15 is 0 Å². The largest absolute Gasteiger partial charge is 0.367 e. The third-order valence-corrected chi connectivity index (χ3v) is 0.978. The van der Waals surface area contributed by atoms with Gasteiger partial charge in [-0.1, -0.05) is 6.92 Å². The van der Waals surface area contributed by atoms with Gasteiger partial charge in [0, 0.05) is 0 Å². The second-order valence-electron chi connectivity index (χ2n) is 3.27. The molecule has 1 radical (unpaired) electrons. The summed E-state index contributed by atoms with van der Waals surface area (Å²) < 4.78 is 5.50. The Morgan fingerprint density at radius 3 is 1.89 bits per heavy atom. The van der Waals surface area contributed by atoms with Crippen LogP contribution in [0, 0.1) is 6.10 Å². The summed E-state index contributed by atoms with van der Waals surface area (Å²) in [5, 5.41) is 0. The lowest BCUT2D eigenvalue weighted by molar-refractivity contribution is 0.00678. The first-order valence-corrected chi connectivity index (χ1v) is 3.47. The van der Waals surface area contributed by atoms with Gasteiger partial charge in [-0.2, -0.15) is 0 Å². The zero-order valence-corrected chi connectivity index (χ0v) is 7.12. The van der Waals surface area contributed by atoms with Crippen LogP contribution in [-0.4, -0.2) is 5.60 Å². The Hall–Kier alpha value is -0.0400. The topological polar surface area (TPSA) is 9.23 Å². The van der Waals surface area contributed by atoms with Crippen LogP contribution in [0.15, 0.2) is 0 Å². The Bertz CT molecular complexity index is 71.1. The van der Waals surface area contributed by atoms with Crippen molar-refractivity contribution in [3.63, 3.8) is 0 Å². The summed E-state index contributed by atoms with van der Waals surface area (Å²) >= 11 is 0. The van der Waals surface area contributed by atoms with Crippen LogP contribution in [0.25, 0.3) is 0 Å². The molecule has 0 fully saturated rings. The van der Waals surface area contributed by atoms with Crippen LogP contribution in [-0.2, 0) is 4.74 Å². The molecule has 0 bridgehead atoms. The second kappa shape index (κ2) is 3.21. The fraction of sp³-hybridized carbons (Fsp3) is 0.875. The predicted molar refractivity (Wildman–Crippen MR) is 40.0 cm³/mol. The van der Waals surface area contributed by atoms with E-state index in [0.29, 0.717) is 0 Å². The Balaban J connectivity index is 3.47. The number of ether oxygens (including phenoxy) is 1. The van der Waals surface area contributed by atoms with Crippen LogP contribution in [0.1, 0.15) is 41.0 Å². The molecule has 0 aliphatic carbocycles. The van der Waals surface area contributed by atoms with Gasteiger partial charge in [-0.3, -0.25) is 0 Å². The first-order valence-electron chi connectivity index (χ1n) is 3.47. The molecule has 1 nitrogen and oxygen atoms in total. The number of hydrogen-bond donors (Lipinski definition) is 0. The van der Waals surface area contributed by atoms with E-state index in [2.05, 4.69) is 27.7 Å². The van der Waals surface area contributed by atoms with E-state index in [1.807, 2.05) is 6.92 Å². The summed E-state index contributed by atoms with van der Waals surface area (Å²) in [5.74, 6) is 0. The zero-order chi connectivity index (χ0) is 7.49. The van der Waals surface area contributed by atoms with Gasteiger partial charge >= 0.3 is 0 Å². The minimum absolute atomic E-state index is 0.0138. The van der Waals surface area contributed by atoms with Gasteiger partial charge in [0.15, 0.2) is 0 Å². The highest BCUT2D eigenvalue weighted by atomic mass is 16.5. The molecule has 0 N–H and O–H groups in total. The summed E-state index contributed by atoms with van der Waals surface area (Å²) in [5.41, 5.74) is -0.0138. The molecule has 0 aliphatic heterocycles. The molecule has 0 unspecified atom stereocenters. The average Bonchev–Trinajstić information content (AvgIpc) is 1.62. The van der Waals surface area contributed by atoms with Crippen molar-refractivity contribution in [2.45, 2.75) is 46.6 Å². The SMILES string of the molecule is CC[C](C)OC(C)(C)C. The zero-order valence-electron chi connectivity index (χ0n) is 7.12. The minimum atomic E-state index is -0.0138. The van der Waals surface area contributed by atoms with Gasteiger partial charge in [0.25, 0.3) is 0 Å². The molecule has 0 aromatic carbocycles. The summed E-state index contributed by atoms with van der Waals surface area (Å²) in [7, 11) is 0. The lowest BCUT2D eigenvalue weighted by Gasteiger charge is -2.23. The maximum absolute atomic E-state index is 5.50. The molecule has 0 heterocycles. The highest BCUT2D eigenvalue weighted by Crippen LogP contribution is 2.16. The van der Waals surface area contributed by atoms with Crippen molar-refractivity contribution in [1.82, 2.24) is 0 Å². The Kier molecular flexibility index (Phi) is 3.20. The molecule has 0 spiro atoms. The van der Waals surface area contributed by atoms with Crippen molar-refractivity contribution in [1.29, 1.82) is 0 Å². The normalized spacial score (nSPS) is 12.7. The molecule has 1 heteroatoms. The first kappa shape index (κ1) is 8.96. The van der Waals surface area contributed by atoms with E-state index in [4.69, 9.17) is 4.74 Å². The van der Waals surface area contributed by atoms with Crippen molar-refractivity contribution < 1.29 is 4.74 Å². The van der Waals surface area contributed by atoms with Gasteiger partial charge in [-0.05, 0) is 34.1 Å². The van der Waals surface area contributed by atoms with Gasteiger partial charge in [0.1, 0.15) is 0 Å². The van der Waals surface area contributed by atoms with Gasteiger partial charge in [0.2, 0.25) is 0 Å². The van der Waals surface area contributed by atoms with E-state index in [1.165, 1.54) is 0 Å². The lowest BCUT2D eigenvalue weighted by atomic mass is 10.2. The maximum atomic E-state index is 5.50. The fourth-order valence-corrected chi connectivity index (χ4v) is 0.595. The summed E-state index contributed by atoms with van der Waals surface area (Å²) in [6, 6.07) is 0. The van der Waals surface area contributed by atoms with E-state index < -0.39 is 0 Å². The number of hydrogen-bond acceptors (Lipinski definition) is 1. The summed E-state index contributed by atoms with van der Waals surface area (Å²) in [4.78, 5) is 0. The quantitative estimate of drug-likeness (QED) is 0.557. The van der Waals surface area contributed by atoms with Crippen molar-refractivity contribution in [3.05, 3.63) is 6.10 Å². The smallest absolute Gasteiger partial charge is 0.0944 e. The second-order valence-corrected chi connectivity index (χ2v) is 3.27. The van der Waals surface area contributed by atoms with Crippen LogP contribution in [0.5, 0.6) is 0 Å². The summed E-state index contributed by atoms with van der Waals surface area (Å²) in [6.45, 7) is 10.3. The van der Waals surface area contributed by atoms with Gasteiger partial charge in [0.05, 0.1) is 11.7 Å². The first-order chi connectivity index (χ1) is 3.95. The molecule has 0 saturated heterocycles. The average molecular weight is 129 g/mol. The van der Waals surface area contributed by atoms with Crippen molar-refractivity contribution in [3.8, 4) is 0 Å². The molecule has 0 rings (SSSR count). The van der Waals surface area contributed by atoms with E-state index in [-0.39, 0.29) is 5.60 Å². The molecule has 0 amide bonds. The molecule has 9 heavy (non-hydrogen) atoms. The Labute approximate surface area is 58.4 Å². The fourth-order valence-electron chi connectivity index (χ4n) is 0.595. The van der Waals surface area contributed by atoms with E-state index in [0.717, 1.165) is 12.5 Å². The number of rotatable bonds is 2. The molecule has 55 valence electrons. The van der Waals surface area contributed by atoms with Gasteiger partial charge < -0.3 is 4.74 Å². The third-order valence-electron chi connectivity index (χ3n) is 0.978. The van der Waals surface area contributed by atoms with Crippen LogP contribution >= 0.6 is 0 Å². The van der Waals surface area contributed by atoms with Crippen molar-refractivity contribution in [2.24, 2.45) is 0 Å². The molecule has 0 aromatic heterocycles. The predicted octanol–water partition coefficient (Wildman–Crippen LogP) is 2.76. The third kappa shape index (κ3) is 5.84. The van der Waals surface area contributed by atoms with Gasteiger partial charge in [-0.25, -0.2) is 0 Å².